The van der Waals surface area contributed by atoms with E-state index in [0.29, 0.717) is 17.7 Å². The van der Waals surface area contributed by atoms with E-state index in [4.69, 9.17) is 5.73 Å². The first-order valence-electron chi connectivity index (χ1n) is 5.42. The van der Waals surface area contributed by atoms with Crippen molar-refractivity contribution in [3.8, 4) is 0 Å². The molecule has 0 unspecified atom stereocenters. The van der Waals surface area contributed by atoms with Gasteiger partial charge in [-0.3, -0.25) is 0 Å². The molecule has 1 heterocycles. The minimum absolute atomic E-state index is 0.378. The molecule has 4 heteroatoms. The second kappa shape index (κ2) is 4.08. The van der Waals surface area contributed by atoms with Crippen LogP contribution in [0.3, 0.4) is 0 Å². The molecule has 1 aromatic heterocycles. The molecule has 0 atom stereocenters. The topological polar surface area (TPSA) is 51.8 Å². The van der Waals surface area contributed by atoms with E-state index in [0.717, 1.165) is 16.0 Å². The van der Waals surface area contributed by atoms with Crippen LogP contribution in [0.25, 0.3) is 0 Å². The molecule has 3 nitrogen and oxygen atoms in total. The molecule has 1 aliphatic carbocycles. The summed E-state index contributed by atoms with van der Waals surface area (Å²) in [6.07, 6.45) is 3.71. The van der Waals surface area contributed by atoms with Crippen LogP contribution in [0.4, 0.5) is 5.82 Å². The Morgan fingerprint density at radius 1 is 1.33 bits per heavy atom. The van der Waals surface area contributed by atoms with Crippen molar-refractivity contribution in [2.24, 2.45) is 0 Å². The first-order valence-corrected chi connectivity index (χ1v) is 6.21. The van der Waals surface area contributed by atoms with Gasteiger partial charge in [-0.05, 0) is 34.7 Å². The maximum atomic E-state index is 5.88. The number of halogens is 1. The lowest BCUT2D eigenvalue weighted by molar-refractivity contribution is 0.400. The molecular formula is C11H16BrN3. The summed E-state index contributed by atoms with van der Waals surface area (Å²) in [7, 11) is 0. The van der Waals surface area contributed by atoms with Crippen LogP contribution in [-0.4, -0.2) is 9.97 Å². The minimum atomic E-state index is 0.378. The fraction of sp³-hybridized carbons (Fsp3) is 0.636. The molecule has 0 aromatic carbocycles. The predicted molar refractivity (Wildman–Crippen MR) is 64.8 cm³/mol. The molecule has 1 fully saturated rings. The highest BCUT2D eigenvalue weighted by molar-refractivity contribution is 9.10. The molecule has 2 N–H and O–H groups in total. The van der Waals surface area contributed by atoms with Crippen LogP contribution in [0.2, 0.25) is 0 Å². The van der Waals surface area contributed by atoms with Gasteiger partial charge in [0.2, 0.25) is 0 Å². The SMILES string of the molecule is CC(C)c1nc(C2CCC2)nc(N)c1Br. The summed E-state index contributed by atoms with van der Waals surface area (Å²) in [5.41, 5.74) is 6.91. The van der Waals surface area contributed by atoms with Gasteiger partial charge >= 0.3 is 0 Å². The van der Waals surface area contributed by atoms with Gasteiger partial charge in [-0.1, -0.05) is 20.3 Å². The van der Waals surface area contributed by atoms with Crippen LogP contribution in [0, 0.1) is 0 Å². The van der Waals surface area contributed by atoms with Crippen molar-refractivity contribution in [3.63, 3.8) is 0 Å². The Kier molecular flexibility index (Phi) is 2.96. The zero-order valence-electron chi connectivity index (χ0n) is 9.13. The third kappa shape index (κ3) is 2.00. The molecule has 0 aliphatic heterocycles. The molecular weight excluding hydrogens is 254 g/mol. The zero-order valence-corrected chi connectivity index (χ0v) is 10.7. The average molecular weight is 270 g/mol. The fourth-order valence-corrected chi connectivity index (χ4v) is 2.37. The summed E-state index contributed by atoms with van der Waals surface area (Å²) in [4.78, 5) is 8.97. The van der Waals surface area contributed by atoms with Gasteiger partial charge < -0.3 is 5.73 Å². The van der Waals surface area contributed by atoms with Crippen molar-refractivity contribution in [2.75, 3.05) is 5.73 Å². The minimum Gasteiger partial charge on any atom is -0.383 e. The Morgan fingerprint density at radius 3 is 2.47 bits per heavy atom. The van der Waals surface area contributed by atoms with E-state index >= 15 is 0 Å². The molecule has 2 rings (SSSR count). The highest BCUT2D eigenvalue weighted by Gasteiger charge is 2.24. The van der Waals surface area contributed by atoms with E-state index in [9.17, 15) is 0 Å². The fourth-order valence-electron chi connectivity index (χ4n) is 1.73. The summed E-state index contributed by atoms with van der Waals surface area (Å²) < 4.78 is 0.862. The smallest absolute Gasteiger partial charge is 0.141 e. The van der Waals surface area contributed by atoms with Crippen molar-refractivity contribution in [1.82, 2.24) is 9.97 Å². The van der Waals surface area contributed by atoms with E-state index in [-0.39, 0.29) is 0 Å². The van der Waals surface area contributed by atoms with Crippen molar-refractivity contribution >= 4 is 21.7 Å². The molecule has 0 bridgehead atoms. The second-order valence-corrected chi connectivity index (χ2v) is 5.24. The Morgan fingerprint density at radius 2 is 2.00 bits per heavy atom. The molecule has 1 saturated carbocycles. The molecule has 15 heavy (non-hydrogen) atoms. The van der Waals surface area contributed by atoms with E-state index in [2.05, 4.69) is 39.7 Å². The summed E-state index contributed by atoms with van der Waals surface area (Å²) in [5.74, 6) is 2.43. The Labute approximate surface area is 98.6 Å². The highest BCUT2D eigenvalue weighted by atomic mass is 79.9. The van der Waals surface area contributed by atoms with Gasteiger partial charge in [0.25, 0.3) is 0 Å². The summed E-state index contributed by atoms with van der Waals surface area (Å²) in [5, 5.41) is 0. The van der Waals surface area contributed by atoms with Crippen LogP contribution in [0.15, 0.2) is 4.47 Å². The van der Waals surface area contributed by atoms with Crippen molar-refractivity contribution < 1.29 is 0 Å². The molecule has 0 spiro atoms. The van der Waals surface area contributed by atoms with Crippen LogP contribution in [0.5, 0.6) is 0 Å². The van der Waals surface area contributed by atoms with Crippen LogP contribution >= 0.6 is 15.9 Å². The standard InChI is InChI=1S/C11H16BrN3/c1-6(2)9-8(12)10(13)15-11(14-9)7-4-3-5-7/h6-7H,3-5H2,1-2H3,(H2,13,14,15). The first kappa shape index (κ1) is 10.9. The third-order valence-corrected chi connectivity index (χ3v) is 3.75. The summed E-state index contributed by atoms with van der Waals surface area (Å²) >= 11 is 3.45. The van der Waals surface area contributed by atoms with E-state index < -0.39 is 0 Å². The predicted octanol–water partition coefficient (Wildman–Crippen LogP) is 3.21. The maximum absolute atomic E-state index is 5.88. The number of nitrogens with two attached hydrogens (primary N) is 1. The van der Waals surface area contributed by atoms with Gasteiger partial charge in [0.15, 0.2) is 0 Å². The summed E-state index contributed by atoms with van der Waals surface area (Å²) in [6, 6.07) is 0. The Hall–Kier alpha value is -0.640. The number of aromatic nitrogens is 2. The van der Waals surface area contributed by atoms with Gasteiger partial charge in [0.05, 0.1) is 10.2 Å². The van der Waals surface area contributed by atoms with Crippen LogP contribution < -0.4 is 5.73 Å². The van der Waals surface area contributed by atoms with Crippen molar-refractivity contribution in [2.45, 2.75) is 44.9 Å². The van der Waals surface area contributed by atoms with Crippen molar-refractivity contribution in [1.29, 1.82) is 0 Å². The molecule has 1 aliphatic rings. The van der Waals surface area contributed by atoms with Gasteiger partial charge in [-0.25, -0.2) is 9.97 Å². The summed E-state index contributed by atoms with van der Waals surface area (Å²) in [6.45, 7) is 4.24. The molecule has 1 aromatic rings. The molecule has 82 valence electrons. The number of nitrogens with zero attached hydrogens (tertiary/aromatic N) is 2. The van der Waals surface area contributed by atoms with Gasteiger partial charge in [0.1, 0.15) is 11.6 Å². The monoisotopic (exact) mass is 269 g/mol. The normalized spacial score (nSPS) is 16.8. The largest absolute Gasteiger partial charge is 0.383 e. The molecule has 0 amide bonds. The third-order valence-electron chi connectivity index (χ3n) is 2.94. The number of hydrogen-bond donors (Lipinski definition) is 1. The quantitative estimate of drug-likeness (QED) is 0.897. The highest BCUT2D eigenvalue weighted by Crippen LogP contribution is 2.37. The average Bonchev–Trinajstić information content (AvgIpc) is 2.07. The number of anilines is 1. The van der Waals surface area contributed by atoms with Gasteiger partial charge in [-0.15, -0.1) is 0 Å². The Bertz CT molecular complexity index is 372. The molecule has 0 saturated heterocycles. The number of rotatable bonds is 2. The van der Waals surface area contributed by atoms with Crippen LogP contribution in [0.1, 0.15) is 56.5 Å². The molecule has 0 radical (unpaired) electrons. The van der Waals surface area contributed by atoms with Gasteiger partial charge in [-0.2, -0.15) is 0 Å². The van der Waals surface area contributed by atoms with Crippen LogP contribution in [-0.2, 0) is 0 Å². The van der Waals surface area contributed by atoms with Gasteiger partial charge in [0, 0.05) is 5.92 Å². The van der Waals surface area contributed by atoms with E-state index in [1.165, 1.54) is 19.3 Å². The lowest BCUT2D eigenvalue weighted by atomic mass is 9.84. The first-order chi connectivity index (χ1) is 7.09. The number of hydrogen-bond acceptors (Lipinski definition) is 3. The zero-order chi connectivity index (χ0) is 11.0. The Balaban J connectivity index is 2.40. The number of nitrogen functional groups attached to an aromatic ring is 1. The van der Waals surface area contributed by atoms with E-state index in [1.807, 2.05) is 0 Å². The maximum Gasteiger partial charge on any atom is 0.141 e. The van der Waals surface area contributed by atoms with E-state index in [1.54, 1.807) is 0 Å². The lowest BCUT2D eigenvalue weighted by Gasteiger charge is -2.25. The second-order valence-electron chi connectivity index (χ2n) is 4.45. The lowest BCUT2D eigenvalue weighted by Crippen LogP contribution is -2.15. The van der Waals surface area contributed by atoms with Crippen molar-refractivity contribution in [3.05, 3.63) is 16.0 Å².